The molecule has 0 aliphatic carbocycles. The minimum absolute atomic E-state index is 0.251. The Labute approximate surface area is 124 Å². The van der Waals surface area contributed by atoms with Crippen LogP contribution in [-0.2, 0) is 12.0 Å². The van der Waals surface area contributed by atoms with E-state index in [1.165, 1.54) is 12.1 Å². The van der Waals surface area contributed by atoms with Crippen LogP contribution in [0.3, 0.4) is 0 Å². The van der Waals surface area contributed by atoms with Crippen LogP contribution in [0.1, 0.15) is 38.1 Å². The maximum atomic E-state index is 13.1. The van der Waals surface area contributed by atoms with Crippen LogP contribution in [0.25, 0.3) is 0 Å². The van der Waals surface area contributed by atoms with E-state index >= 15 is 0 Å². The molecule has 0 fully saturated rings. The van der Waals surface area contributed by atoms with Crippen LogP contribution in [0, 0.1) is 5.82 Å². The van der Waals surface area contributed by atoms with Gasteiger partial charge in [-0.3, -0.25) is 4.68 Å². The third-order valence-electron chi connectivity index (χ3n) is 4.02. The number of halogens is 1. The van der Waals surface area contributed by atoms with Crippen molar-refractivity contribution >= 4 is 0 Å². The summed E-state index contributed by atoms with van der Waals surface area (Å²) in [6.45, 7) is 6.80. The fourth-order valence-electron chi connectivity index (χ4n) is 2.50. The molecule has 114 valence electrons. The van der Waals surface area contributed by atoms with E-state index < -0.39 is 0 Å². The molecule has 2 aromatic rings. The predicted molar refractivity (Wildman–Crippen MR) is 80.8 cm³/mol. The molecule has 0 spiro atoms. The van der Waals surface area contributed by atoms with Crippen LogP contribution in [0.4, 0.5) is 4.39 Å². The second kappa shape index (κ2) is 5.85. The number of ether oxygens (including phenoxy) is 1. The van der Waals surface area contributed by atoms with E-state index in [0.29, 0.717) is 12.3 Å². The minimum Gasteiger partial charge on any atom is -0.493 e. The smallest absolute Gasteiger partial charge is 0.161 e. The number of rotatable bonds is 5. The van der Waals surface area contributed by atoms with Crippen molar-refractivity contribution in [2.24, 2.45) is 5.73 Å². The van der Waals surface area contributed by atoms with Gasteiger partial charge in [0.1, 0.15) is 5.82 Å². The quantitative estimate of drug-likeness (QED) is 0.921. The van der Waals surface area contributed by atoms with Gasteiger partial charge >= 0.3 is 0 Å². The molecule has 2 rings (SSSR count). The summed E-state index contributed by atoms with van der Waals surface area (Å²) in [5.41, 5.74) is 7.95. The number of hydrogen-bond acceptors (Lipinski definition) is 3. The monoisotopic (exact) mass is 291 g/mol. The van der Waals surface area contributed by atoms with Crippen molar-refractivity contribution in [3.8, 4) is 5.75 Å². The van der Waals surface area contributed by atoms with Gasteiger partial charge in [0.2, 0.25) is 0 Å². The van der Waals surface area contributed by atoms with Gasteiger partial charge < -0.3 is 10.5 Å². The molecule has 1 heterocycles. The van der Waals surface area contributed by atoms with Crippen LogP contribution in [0.5, 0.6) is 5.75 Å². The molecular weight excluding hydrogens is 269 g/mol. The summed E-state index contributed by atoms with van der Waals surface area (Å²) in [6.07, 6.45) is 1.68. The van der Waals surface area contributed by atoms with Crippen LogP contribution in [0.15, 0.2) is 30.5 Å². The number of methoxy groups -OCH3 is 1. The van der Waals surface area contributed by atoms with Crippen LogP contribution >= 0.6 is 0 Å². The van der Waals surface area contributed by atoms with E-state index in [-0.39, 0.29) is 17.3 Å². The average Bonchev–Trinajstić information content (AvgIpc) is 2.89. The standard InChI is InChI=1S/C16H22FN3O/c1-5-20-14(13(21-4)10-19-20)15(18)16(2,3)11-6-8-12(17)9-7-11/h6-10,15H,5,18H2,1-4H3. The number of nitrogens with two attached hydrogens (primary N) is 1. The second-order valence-corrected chi connectivity index (χ2v) is 5.62. The SMILES string of the molecule is CCn1ncc(OC)c1C(N)C(C)(C)c1ccc(F)cc1. The molecule has 0 saturated carbocycles. The Morgan fingerprint density at radius 1 is 1.33 bits per heavy atom. The first-order valence-electron chi connectivity index (χ1n) is 7.03. The molecule has 0 bridgehead atoms. The van der Waals surface area contributed by atoms with Crippen molar-refractivity contribution in [1.29, 1.82) is 0 Å². The molecule has 0 amide bonds. The topological polar surface area (TPSA) is 53.1 Å². The van der Waals surface area contributed by atoms with Gasteiger partial charge in [-0.15, -0.1) is 0 Å². The third-order valence-corrected chi connectivity index (χ3v) is 4.02. The second-order valence-electron chi connectivity index (χ2n) is 5.62. The zero-order valence-electron chi connectivity index (χ0n) is 12.9. The van der Waals surface area contributed by atoms with Crippen molar-refractivity contribution in [3.05, 3.63) is 47.5 Å². The molecule has 5 heteroatoms. The van der Waals surface area contributed by atoms with Gasteiger partial charge in [0.15, 0.2) is 5.75 Å². The van der Waals surface area contributed by atoms with Crippen LogP contribution < -0.4 is 10.5 Å². The lowest BCUT2D eigenvalue weighted by molar-refractivity contribution is 0.360. The highest BCUT2D eigenvalue weighted by molar-refractivity contribution is 5.35. The molecule has 0 aliphatic heterocycles. The first kappa shape index (κ1) is 15.5. The number of benzene rings is 1. The fourth-order valence-corrected chi connectivity index (χ4v) is 2.50. The van der Waals surface area contributed by atoms with Gasteiger partial charge in [-0.05, 0) is 24.6 Å². The molecule has 4 nitrogen and oxygen atoms in total. The van der Waals surface area contributed by atoms with Gasteiger partial charge in [-0.2, -0.15) is 5.10 Å². The van der Waals surface area contributed by atoms with Crippen molar-refractivity contribution in [2.45, 2.75) is 38.8 Å². The Bertz CT molecular complexity index is 583. The lowest BCUT2D eigenvalue weighted by Gasteiger charge is -2.33. The first-order chi connectivity index (χ1) is 9.91. The minimum atomic E-state index is -0.381. The summed E-state index contributed by atoms with van der Waals surface area (Å²) in [5, 5.41) is 4.30. The molecule has 2 N–H and O–H groups in total. The van der Waals surface area contributed by atoms with E-state index in [4.69, 9.17) is 10.5 Å². The van der Waals surface area contributed by atoms with Gasteiger partial charge in [-0.25, -0.2) is 4.39 Å². The highest BCUT2D eigenvalue weighted by Gasteiger charge is 2.34. The average molecular weight is 291 g/mol. The Morgan fingerprint density at radius 2 is 1.95 bits per heavy atom. The Kier molecular flexibility index (Phi) is 4.32. The molecule has 21 heavy (non-hydrogen) atoms. The summed E-state index contributed by atoms with van der Waals surface area (Å²) in [5.74, 6) is 0.429. The number of nitrogens with zero attached hydrogens (tertiary/aromatic N) is 2. The van der Waals surface area contributed by atoms with Crippen molar-refractivity contribution in [1.82, 2.24) is 9.78 Å². The zero-order chi connectivity index (χ0) is 15.6. The molecule has 0 aliphatic rings. The maximum Gasteiger partial charge on any atom is 0.161 e. The Balaban J connectivity index is 2.44. The van der Waals surface area contributed by atoms with Crippen molar-refractivity contribution in [3.63, 3.8) is 0 Å². The molecular formula is C16H22FN3O. The summed E-state index contributed by atoms with van der Waals surface area (Å²) >= 11 is 0. The number of aromatic nitrogens is 2. The van der Waals surface area contributed by atoms with Gasteiger partial charge in [-0.1, -0.05) is 26.0 Å². The largest absolute Gasteiger partial charge is 0.493 e. The third kappa shape index (κ3) is 2.78. The predicted octanol–water partition coefficient (Wildman–Crippen LogP) is 3.03. The van der Waals surface area contributed by atoms with Crippen molar-refractivity contribution < 1.29 is 9.13 Å². The number of aryl methyl sites for hydroxylation is 1. The van der Waals surface area contributed by atoms with Crippen LogP contribution in [-0.4, -0.2) is 16.9 Å². The zero-order valence-corrected chi connectivity index (χ0v) is 12.9. The van der Waals surface area contributed by atoms with E-state index in [2.05, 4.69) is 5.10 Å². The molecule has 1 atom stereocenters. The van der Waals surface area contributed by atoms with Crippen molar-refractivity contribution in [2.75, 3.05) is 7.11 Å². The van der Waals surface area contributed by atoms with Gasteiger partial charge in [0.05, 0.1) is 25.0 Å². The van der Waals surface area contributed by atoms with Gasteiger partial charge in [0.25, 0.3) is 0 Å². The maximum absolute atomic E-state index is 13.1. The highest BCUT2D eigenvalue weighted by Crippen LogP contribution is 2.38. The number of hydrogen-bond donors (Lipinski definition) is 1. The summed E-state index contributed by atoms with van der Waals surface area (Å²) in [7, 11) is 1.61. The highest BCUT2D eigenvalue weighted by atomic mass is 19.1. The summed E-state index contributed by atoms with van der Waals surface area (Å²) in [4.78, 5) is 0. The summed E-state index contributed by atoms with van der Waals surface area (Å²) < 4.78 is 20.3. The lowest BCUT2D eigenvalue weighted by Crippen LogP contribution is -2.35. The van der Waals surface area contributed by atoms with E-state index in [1.807, 2.05) is 25.5 Å². The fraction of sp³-hybridized carbons (Fsp3) is 0.438. The molecule has 1 aromatic carbocycles. The molecule has 0 radical (unpaired) electrons. The Morgan fingerprint density at radius 3 is 2.48 bits per heavy atom. The molecule has 0 saturated heterocycles. The summed E-state index contributed by atoms with van der Waals surface area (Å²) in [6, 6.07) is 6.14. The Hall–Kier alpha value is -1.88. The van der Waals surface area contributed by atoms with E-state index in [0.717, 1.165) is 11.3 Å². The first-order valence-corrected chi connectivity index (χ1v) is 7.03. The lowest BCUT2D eigenvalue weighted by atomic mass is 9.76. The molecule has 1 aromatic heterocycles. The normalized spacial score (nSPS) is 13.2. The van der Waals surface area contributed by atoms with Gasteiger partial charge in [0, 0.05) is 12.0 Å². The van der Waals surface area contributed by atoms with E-state index in [9.17, 15) is 4.39 Å². The molecule has 1 unspecified atom stereocenters. The van der Waals surface area contributed by atoms with Crippen LogP contribution in [0.2, 0.25) is 0 Å². The van der Waals surface area contributed by atoms with E-state index in [1.54, 1.807) is 25.4 Å².